The average Bonchev–Trinajstić information content (AvgIpc) is 2.21. The molecule has 0 bridgehead atoms. The molecule has 0 fully saturated rings. The molecule has 0 amide bonds. The first-order valence-electron chi connectivity index (χ1n) is 5.29. The molecule has 80 valence electrons. The molecule has 0 saturated heterocycles. The van der Waals surface area contributed by atoms with Gasteiger partial charge in [0.05, 0.1) is 12.7 Å². The van der Waals surface area contributed by atoms with Crippen molar-refractivity contribution < 1.29 is 4.74 Å². The zero-order chi connectivity index (χ0) is 11.3. The van der Waals surface area contributed by atoms with Crippen LogP contribution in [0, 0.1) is 18.3 Å². The minimum Gasteiger partial charge on any atom is -0.494 e. The predicted octanol–water partition coefficient (Wildman–Crippen LogP) is 3.41. The maximum atomic E-state index is 8.63. The lowest BCUT2D eigenvalue weighted by atomic mass is 9.97. The zero-order valence-corrected chi connectivity index (χ0v) is 9.58. The van der Waals surface area contributed by atoms with Crippen molar-refractivity contribution >= 4 is 0 Å². The molecule has 1 aromatic rings. The molecule has 0 N–H and O–H groups in total. The van der Waals surface area contributed by atoms with E-state index in [0.29, 0.717) is 18.9 Å². The van der Waals surface area contributed by atoms with Crippen LogP contribution in [0.15, 0.2) is 18.2 Å². The Labute approximate surface area is 91.5 Å². The monoisotopic (exact) mass is 203 g/mol. The van der Waals surface area contributed by atoms with Crippen molar-refractivity contribution in [3.8, 4) is 11.8 Å². The summed E-state index contributed by atoms with van der Waals surface area (Å²) in [5.74, 6) is 1.23. The van der Waals surface area contributed by atoms with Crippen LogP contribution in [0.2, 0.25) is 0 Å². The maximum Gasteiger partial charge on any atom is 0.122 e. The number of ether oxygens (including phenoxy) is 1. The SMILES string of the molecule is CCOc1ccc(C(C)CC#N)cc1C. The lowest BCUT2D eigenvalue weighted by molar-refractivity contribution is 0.337. The van der Waals surface area contributed by atoms with Crippen LogP contribution in [0.3, 0.4) is 0 Å². The van der Waals surface area contributed by atoms with Gasteiger partial charge in [-0.1, -0.05) is 19.1 Å². The fourth-order valence-electron chi connectivity index (χ4n) is 1.55. The summed E-state index contributed by atoms with van der Waals surface area (Å²) in [5, 5.41) is 8.63. The Bertz CT molecular complexity index is 365. The summed E-state index contributed by atoms with van der Waals surface area (Å²) in [4.78, 5) is 0. The van der Waals surface area contributed by atoms with Crippen molar-refractivity contribution in [2.24, 2.45) is 0 Å². The first-order chi connectivity index (χ1) is 7.19. The second-order valence-corrected chi connectivity index (χ2v) is 3.72. The molecule has 0 spiro atoms. The second kappa shape index (κ2) is 5.41. The molecule has 0 aliphatic rings. The number of nitrogens with zero attached hydrogens (tertiary/aromatic N) is 1. The van der Waals surface area contributed by atoms with Gasteiger partial charge in [-0.15, -0.1) is 0 Å². The van der Waals surface area contributed by atoms with Crippen molar-refractivity contribution in [3.05, 3.63) is 29.3 Å². The third-order valence-electron chi connectivity index (χ3n) is 2.47. The van der Waals surface area contributed by atoms with Crippen molar-refractivity contribution in [2.75, 3.05) is 6.61 Å². The molecule has 1 atom stereocenters. The lowest BCUT2D eigenvalue weighted by Gasteiger charge is -2.12. The van der Waals surface area contributed by atoms with E-state index in [0.717, 1.165) is 11.3 Å². The smallest absolute Gasteiger partial charge is 0.122 e. The van der Waals surface area contributed by atoms with E-state index in [4.69, 9.17) is 10.00 Å². The van der Waals surface area contributed by atoms with Crippen molar-refractivity contribution in [2.45, 2.75) is 33.1 Å². The molecule has 1 unspecified atom stereocenters. The van der Waals surface area contributed by atoms with Gasteiger partial charge in [-0.2, -0.15) is 5.26 Å². The Morgan fingerprint density at radius 2 is 2.20 bits per heavy atom. The highest BCUT2D eigenvalue weighted by Gasteiger charge is 2.07. The van der Waals surface area contributed by atoms with Gasteiger partial charge in [0.25, 0.3) is 0 Å². The number of benzene rings is 1. The Morgan fingerprint density at radius 3 is 2.73 bits per heavy atom. The number of hydrogen-bond donors (Lipinski definition) is 0. The highest BCUT2D eigenvalue weighted by molar-refractivity contribution is 5.37. The molecule has 0 saturated carbocycles. The van der Waals surface area contributed by atoms with Gasteiger partial charge in [0.2, 0.25) is 0 Å². The average molecular weight is 203 g/mol. The van der Waals surface area contributed by atoms with E-state index in [1.54, 1.807) is 0 Å². The quantitative estimate of drug-likeness (QED) is 0.751. The van der Waals surface area contributed by atoms with Gasteiger partial charge in [-0.25, -0.2) is 0 Å². The normalized spacial score (nSPS) is 11.9. The van der Waals surface area contributed by atoms with E-state index in [1.807, 2.05) is 26.0 Å². The molecule has 0 aromatic heterocycles. The molecule has 0 radical (unpaired) electrons. The van der Waals surface area contributed by atoms with Gasteiger partial charge in [-0.05, 0) is 37.0 Å². The van der Waals surface area contributed by atoms with Crippen LogP contribution in [0.1, 0.15) is 37.3 Å². The Balaban J connectivity index is 2.86. The summed E-state index contributed by atoms with van der Waals surface area (Å²) in [5.41, 5.74) is 2.34. The van der Waals surface area contributed by atoms with Gasteiger partial charge in [0.15, 0.2) is 0 Å². The first-order valence-corrected chi connectivity index (χ1v) is 5.29. The zero-order valence-electron chi connectivity index (χ0n) is 9.58. The molecule has 1 rings (SSSR count). The molecule has 15 heavy (non-hydrogen) atoms. The fourth-order valence-corrected chi connectivity index (χ4v) is 1.55. The predicted molar refractivity (Wildman–Crippen MR) is 61.0 cm³/mol. The summed E-state index contributed by atoms with van der Waals surface area (Å²) in [6.45, 7) is 6.77. The topological polar surface area (TPSA) is 33.0 Å². The molecule has 0 aliphatic heterocycles. The van der Waals surface area contributed by atoms with Crippen LogP contribution in [0.4, 0.5) is 0 Å². The molecule has 2 nitrogen and oxygen atoms in total. The van der Waals surface area contributed by atoms with E-state index in [1.165, 1.54) is 5.56 Å². The third-order valence-corrected chi connectivity index (χ3v) is 2.47. The highest BCUT2D eigenvalue weighted by Crippen LogP contribution is 2.25. The summed E-state index contributed by atoms with van der Waals surface area (Å²) < 4.78 is 5.47. The van der Waals surface area contributed by atoms with Crippen LogP contribution < -0.4 is 4.74 Å². The van der Waals surface area contributed by atoms with Crippen LogP contribution in [-0.4, -0.2) is 6.61 Å². The van der Waals surface area contributed by atoms with Gasteiger partial charge in [0, 0.05) is 6.42 Å². The highest BCUT2D eigenvalue weighted by atomic mass is 16.5. The fraction of sp³-hybridized carbons (Fsp3) is 0.462. The van der Waals surface area contributed by atoms with E-state index in [9.17, 15) is 0 Å². The van der Waals surface area contributed by atoms with Gasteiger partial charge in [-0.3, -0.25) is 0 Å². The maximum absolute atomic E-state index is 8.63. The minimum absolute atomic E-state index is 0.296. The summed E-state index contributed by atoms with van der Waals surface area (Å²) in [6, 6.07) is 8.33. The standard InChI is InChI=1S/C13H17NO/c1-4-15-13-6-5-12(9-11(13)3)10(2)7-8-14/h5-6,9-10H,4,7H2,1-3H3. The minimum atomic E-state index is 0.296. The molecule has 2 heteroatoms. The Kier molecular flexibility index (Phi) is 4.17. The van der Waals surface area contributed by atoms with Crippen molar-refractivity contribution in [1.82, 2.24) is 0 Å². The van der Waals surface area contributed by atoms with Gasteiger partial charge in [0.1, 0.15) is 5.75 Å². The molecule has 1 aromatic carbocycles. The lowest BCUT2D eigenvalue weighted by Crippen LogP contribution is -1.97. The van der Waals surface area contributed by atoms with Crippen LogP contribution >= 0.6 is 0 Å². The Morgan fingerprint density at radius 1 is 1.47 bits per heavy atom. The summed E-state index contributed by atoms with van der Waals surface area (Å²) in [7, 11) is 0. The number of hydrogen-bond acceptors (Lipinski definition) is 2. The summed E-state index contributed by atoms with van der Waals surface area (Å²) >= 11 is 0. The van der Waals surface area contributed by atoms with Crippen LogP contribution in [0.5, 0.6) is 5.75 Å². The van der Waals surface area contributed by atoms with E-state index in [-0.39, 0.29) is 0 Å². The van der Waals surface area contributed by atoms with Crippen LogP contribution in [-0.2, 0) is 0 Å². The Hall–Kier alpha value is -1.49. The number of aryl methyl sites for hydroxylation is 1. The third kappa shape index (κ3) is 2.99. The largest absolute Gasteiger partial charge is 0.494 e. The van der Waals surface area contributed by atoms with Crippen LogP contribution in [0.25, 0.3) is 0 Å². The summed E-state index contributed by atoms with van der Waals surface area (Å²) in [6.07, 6.45) is 0.563. The van der Waals surface area contributed by atoms with Gasteiger partial charge < -0.3 is 4.74 Å². The second-order valence-electron chi connectivity index (χ2n) is 3.72. The number of rotatable bonds is 4. The number of nitriles is 1. The van der Waals surface area contributed by atoms with Gasteiger partial charge >= 0.3 is 0 Å². The van der Waals surface area contributed by atoms with Crippen molar-refractivity contribution in [3.63, 3.8) is 0 Å². The van der Waals surface area contributed by atoms with Crippen molar-refractivity contribution in [1.29, 1.82) is 5.26 Å². The van der Waals surface area contributed by atoms with E-state index >= 15 is 0 Å². The molecular formula is C13H17NO. The molecular weight excluding hydrogens is 186 g/mol. The van der Waals surface area contributed by atoms with E-state index in [2.05, 4.69) is 19.1 Å². The molecule has 0 aliphatic carbocycles. The first kappa shape index (κ1) is 11.6. The van der Waals surface area contributed by atoms with E-state index < -0.39 is 0 Å². The molecule has 0 heterocycles.